The van der Waals surface area contributed by atoms with E-state index in [9.17, 15) is 4.79 Å². The molecule has 0 radical (unpaired) electrons. The van der Waals surface area contributed by atoms with Crippen molar-refractivity contribution >= 4 is 22.2 Å². The maximum Gasteiger partial charge on any atom is 0.228 e. The number of ether oxygens (including phenoxy) is 1. The van der Waals surface area contributed by atoms with E-state index in [0.29, 0.717) is 12.3 Å². The van der Waals surface area contributed by atoms with Crippen LogP contribution in [0.2, 0.25) is 0 Å². The number of carbonyl (C=O) groups excluding carboxylic acids is 1. The highest BCUT2D eigenvalue weighted by Gasteiger charge is 2.23. The van der Waals surface area contributed by atoms with Crippen LogP contribution in [0.5, 0.6) is 5.75 Å². The van der Waals surface area contributed by atoms with E-state index in [2.05, 4.69) is 4.98 Å². The normalized spacial score (nSPS) is 15.6. The molecule has 0 N–H and O–H groups in total. The van der Waals surface area contributed by atoms with Gasteiger partial charge in [0.2, 0.25) is 5.91 Å². The standard InChI is InChI=1S/C19H21N3O2S/c23-18(12-16-13-22-10-11-25-19(22)20-16)21-8-6-15(7-9-21)14-24-17-4-2-1-3-5-17/h1-5,10-11,13,15H,6-9,12,14H2. The number of carbonyl (C=O) groups is 1. The Morgan fingerprint density at radius 1 is 1.24 bits per heavy atom. The fourth-order valence-electron chi connectivity index (χ4n) is 3.21. The predicted molar refractivity (Wildman–Crippen MR) is 98.0 cm³/mol. The molecule has 4 rings (SSSR count). The van der Waals surface area contributed by atoms with Crippen LogP contribution in [-0.4, -0.2) is 39.9 Å². The number of imidazole rings is 1. The van der Waals surface area contributed by atoms with Gasteiger partial charge in [-0.25, -0.2) is 4.98 Å². The number of nitrogens with zero attached hydrogens (tertiary/aromatic N) is 3. The summed E-state index contributed by atoms with van der Waals surface area (Å²) in [5.41, 5.74) is 0.853. The molecule has 0 aliphatic carbocycles. The molecule has 3 heterocycles. The molecule has 0 saturated carbocycles. The number of para-hydroxylation sites is 1. The largest absolute Gasteiger partial charge is 0.493 e. The molecule has 3 aromatic rings. The molecule has 6 heteroatoms. The summed E-state index contributed by atoms with van der Waals surface area (Å²) in [7, 11) is 0. The third-order valence-electron chi connectivity index (χ3n) is 4.67. The average molecular weight is 355 g/mol. The number of rotatable bonds is 5. The summed E-state index contributed by atoms with van der Waals surface area (Å²) >= 11 is 1.59. The van der Waals surface area contributed by atoms with E-state index in [1.807, 2.05) is 57.4 Å². The lowest BCUT2D eigenvalue weighted by Crippen LogP contribution is -2.40. The molecule has 1 aromatic carbocycles. The van der Waals surface area contributed by atoms with E-state index in [1.54, 1.807) is 11.3 Å². The molecule has 0 unspecified atom stereocenters. The van der Waals surface area contributed by atoms with Crippen molar-refractivity contribution in [2.75, 3.05) is 19.7 Å². The minimum absolute atomic E-state index is 0.174. The Labute approximate surface area is 150 Å². The number of thiazole rings is 1. The molecule has 2 aromatic heterocycles. The second-order valence-corrected chi connectivity index (χ2v) is 7.32. The molecule has 0 bridgehead atoms. The minimum atomic E-state index is 0.174. The molecule has 25 heavy (non-hydrogen) atoms. The van der Waals surface area contributed by atoms with Gasteiger partial charge in [-0.05, 0) is 30.9 Å². The quantitative estimate of drug-likeness (QED) is 0.706. The average Bonchev–Trinajstić information content (AvgIpc) is 3.23. The maximum absolute atomic E-state index is 12.5. The second kappa shape index (κ2) is 7.27. The molecule has 1 aliphatic rings. The fraction of sp³-hybridized carbons (Fsp3) is 0.368. The van der Waals surface area contributed by atoms with Crippen molar-refractivity contribution in [3.05, 3.63) is 53.8 Å². The summed E-state index contributed by atoms with van der Waals surface area (Å²) in [6.07, 6.45) is 6.30. The van der Waals surface area contributed by atoms with Crippen LogP contribution in [0.3, 0.4) is 0 Å². The van der Waals surface area contributed by atoms with Crippen LogP contribution in [0.1, 0.15) is 18.5 Å². The van der Waals surface area contributed by atoms with Gasteiger partial charge in [0.25, 0.3) is 0 Å². The smallest absolute Gasteiger partial charge is 0.228 e. The number of amides is 1. The van der Waals surface area contributed by atoms with Crippen LogP contribution in [0, 0.1) is 5.92 Å². The van der Waals surface area contributed by atoms with Crippen molar-refractivity contribution in [2.45, 2.75) is 19.3 Å². The predicted octanol–water partition coefficient (Wildman–Crippen LogP) is 3.26. The molecule has 130 valence electrons. The van der Waals surface area contributed by atoms with E-state index >= 15 is 0 Å². The first kappa shape index (κ1) is 16.1. The summed E-state index contributed by atoms with van der Waals surface area (Å²) in [6.45, 7) is 2.34. The van der Waals surface area contributed by atoms with Crippen LogP contribution < -0.4 is 4.74 Å². The Morgan fingerprint density at radius 3 is 2.80 bits per heavy atom. The SMILES string of the molecule is O=C(Cc1cn2ccsc2n1)N1CCC(COc2ccccc2)CC1. The van der Waals surface area contributed by atoms with E-state index in [4.69, 9.17) is 4.74 Å². The first-order valence-corrected chi connectivity index (χ1v) is 9.52. The summed E-state index contributed by atoms with van der Waals surface area (Å²) in [5.74, 6) is 1.61. The maximum atomic E-state index is 12.5. The topological polar surface area (TPSA) is 46.8 Å². The van der Waals surface area contributed by atoms with Gasteiger partial charge in [-0.2, -0.15) is 0 Å². The number of hydrogen-bond donors (Lipinski definition) is 0. The molecule has 1 fully saturated rings. The number of aromatic nitrogens is 2. The second-order valence-electron chi connectivity index (χ2n) is 6.45. The Morgan fingerprint density at radius 2 is 2.04 bits per heavy atom. The number of hydrogen-bond acceptors (Lipinski definition) is 4. The molecular formula is C19H21N3O2S. The minimum Gasteiger partial charge on any atom is -0.493 e. The Kier molecular flexibility index (Phi) is 4.70. The van der Waals surface area contributed by atoms with Crippen LogP contribution >= 0.6 is 11.3 Å². The van der Waals surface area contributed by atoms with Gasteiger partial charge >= 0.3 is 0 Å². The molecule has 5 nitrogen and oxygen atoms in total. The van der Waals surface area contributed by atoms with Crippen molar-refractivity contribution in [2.24, 2.45) is 5.92 Å². The van der Waals surface area contributed by atoms with Crippen molar-refractivity contribution in [1.82, 2.24) is 14.3 Å². The summed E-state index contributed by atoms with van der Waals surface area (Å²) in [4.78, 5) is 19.9. The van der Waals surface area contributed by atoms with Gasteiger partial charge in [-0.1, -0.05) is 18.2 Å². The highest BCUT2D eigenvalue weighted by atomic mass is 32.1. The number of benzene rings is 1. The zero-order valence-electron chi connectivity index (χ0n) is 14.0. The molecule has 0 spiro atoms. The van der Waals surface area contributed by atoms with Gasteiger partial charge in [0.15, 0.2) is 4.96 Å². The molecule has 1 saturated heterocycles. The van der Waals surface area contributed by atoms with Gasteiger partial charge in [0, 0.05) is 30.9 Å². The summed E-state index contributed by atoms with van der Waals surface area (Å²) < 4.78 is 7.82. The van der Waals surface area contributed by atoms with E-state index < -0.39 is 0 Å². The van der Waals surface area contributed by atoms with E-state index in [0.717, 1.165) is 48.9 Å². The van der Waals surface area contributed by atoms with Crippen molar-refractivity contribution in [1.29, 1.82) is 0 Å². The lowest BCUT2D eigenvalue weighted by atomic mass is 9.97. The third-order valence-corrected chi connectivity index (χ3v) is 5.44. The van der Waals surface area contributed by atoms with E-state index in [1.165, 1.54) is 0 Å². The number of piperidine rings is 1. The molecule has 1 amide bonds. The van der Waals surface area contributed by atoms with Crippen molar-refractivity contribution < 1.29 is 9.53 Å². The summed E-state index contributed by atoms with van der Waals surface area (Å²) in [5, 5.41) is 2.00. The first-order valence-electron chi connectivity index (χ1n) is 8.64. The molecule has 0 atom stereocenters. The fourth-order valence-corrected chi connectivity index (χ4v) is 3.93. The van der Waals surface area contributed by atoms with Gasteiger partial charge in [-0.15, -0.1) is 11.3 Å². The van der Waals surface area contributed by atoms with Crippen LogP contribution in [-0.2, 0) is 11.2 Å². The van der Waals surface area contributed by atoms with Gasteiger partial charge in [0.1, 0.15) is 5.75 Å². The Hall–Kier alpha value is -2.34. The third kappa shape index (κ3) is 3.85. The van der Waals surface area contributed by atoms with Gasteiger partial charge in [0.05, 0.1) is 18.7 Å². The zero-order valence-corrected chi connectivity index (χ0v) is 14.8. The number of likely N-dealkylation sites (tertiary alicyclic amines) is 1. The van der Waals surface area contributed by atoms with Crippen molar-refractivity contribution in [3.63, 3.8) is 0 Å². The Balaban J connectivity index is 1.25. The monoisotopic (exact) mass is 355 g/mol. The van der Waals surface area contributed by atoms with Crippen LogP contribution in [0.25, 0.3) is 4.96 Å². The first-order chi connectivity index (χ1) is 12.3. The van der Waals surface area contributed by atoms with Gasteiger partial charge < -0.3 is 9.64 Å². The van der Waals surface area contributed by atoms with Crippen LogP contribution in [0.15, 0.2) is 48.1 Å². The zero-order chi connectivity index (χ0) is 17.1. The van der Waals surface area contributed by atoms with Crippen LogP contribution in [0.4, 0.5) is 0 Å². The lowest BCUT2D eigenvalue weighted by Gasteiger charge is -2.31. The highest BCUT2D eigenvalue weighted by molar-refractivity contribution is 7.15. The Bertz CT molecular complexity index is 806. The van der Waals surface area contributed by atoms with Gasteiger partial charge in [-0.3, -0.25) is 9.20 Å². The van der Waals surface area contributed by atoms with E-state index in [-0.39, 0.29) is 5.91 Å². The van der Waals surface area contributed by atoms with Crippen molar-refractivity contribution in [3.8, 4) is 5.75 Å². The highest BCUT2D eigenvalue weighted by Crippen LogP contribution is 2.20. The lowest BCUT2D eigenvalue weighted by molar-refractivity contribution is -0.132. The molecular weight excluding hydrogens is 334 g/mol. The number of fused-ring (bicyclic) bond motifs is 1. The molecule has 1 aliphatic heterocycles. The summed E-state index contributed by atoms with van der Waals surface area (Å²) in [6, 6.07) is 9.91.